The van der Waals surface area contributed by atoms with Crippen LogP contribution in [0.5, 0.6) is 0 Å². The first-order valence-corrected chi connectivity index (χ1v) is 8.09. The van der Waals surface area contributed by atoms with Crippen LogP contribution in [0.1, 0.15) is 34.1 Å². The number of halogens is 1. The highest BCUT2D eigenvalue weighted by atomic mass is 19.1. The van der Waals surface area contributed by atoms with Gasteiger partial charge in [0.15, 0.2) is 0 Å². The van der Waals surface area contributed by atoms with Gasteiger partial charge in [0, 0.05) is 37.6 Å². The molecule has 5 nitrogen and oxygen atoms in total. The quantitative estimate of drug-likeness (QED) is 0.846. The van der Waals surface area contributed by atoms with Crippen LogP contribution in [0.3, 0.4) is 0 Å². The fraction of sp³-hybridized carbons (Fsp3) is 0.263. The number of amides is 2. The lowest BCUT2D eigenvalue weighted by Gasteiger charge is -2.18. The van der Waals surface area contributed by atoms with Gasteiger partial charge in [-0.15, -0.1) is 0 Å². The van der Waals surface area contributed by atoms with Crippen LogP contribution in [0.2, 0.25) is 0 Å². The molecule has 132 valence electrons. The van der Waals surface area contributed by atoms with E-state index in [-0.39, 0.29) is 11.5 Å². The monoisotopic (exact) mass is 343 g/mol. The van der Waals surface area contributed by atoms with Crippen LogP contribution in [0.4, 0.5) is 15.8 Å². The lowest BCUT2D eigenvalue weighted by Crippen LogP contribution is -2.26. The summed E-state index contributed by atoms with van der Waals surface area (Å²) in [6.07, 6.45) is 0.832. The van der Waals surface area contributed by atoms with Crippen LogP contribution in [0, 0.1) is 5.82 Å². The molecule has 2 rings (SSSR count). The zero-order valence-electron chi connectivity index (χ0n) is 14.6. The summed E-state index contributed by atoms with van der Waals surface area (Å²) in [6, 6.07) is 10.5. The van der Waals surface area contributed by atoms with E-state index in [0.29, 0.717) is 17.8 Å². The molecule has 0 fully saturated rings. The maximum absolute atomic E-state index is 13.3. The predicted molar refractivity (Wildman–Crippen MR) is 97.7 cm³/mol. The number of carbonyl (C=O) groups excluding carboxylic acids is 2. The van der Waals surface area contributed by atoms with Crippen LogP contribution in [0.15, 0.2) is 42.5 Å². The van der Waals surface area contributed by atoms with E-state index in [1.165, 1.54) is 24.3 Å². The fourth-order valence-corrected chi connectivity index (χ4v) is 2.35. The maximum Gasteiger partial charge on any atom is 0.255 e. The van der Waals surface area contributed by atoms with E-state index < -0.39 is 11.7 Å². The molecule has 0 aromatic heterocycles. The van der Waals surface area contributed by atoms with Crippen LogP contribution in [-0.2, 0) is 0 Å². The van der Waals surface area contributed by atoms with Gasteiger partial charge in [-0.2, -0.15) is 0 Å². The second-order valence-corrected chi connectivity index (χ2v) is 5.85. The largest absolute Gasteiger partial charge is 0.377 e. The van der Waals surface area contributed by atoms with Crippen molar-refractivity contribution in [2.75, 3.05) is 30.9 Å². The summed E-state index contributed by atoms with van der Waals surface area (Å²) in [5.41, 5.74) is 1.91. The zero-order chi connectivity index (χ0) is 18.4. The molecule has 0 atom stereocenters. The van der Waals surface area contributed by atoms with E-state index in [1.807, 2.05) is 25.9 Å². The van der Waals surface area contributed by atoms with Gasteiger partial charge >= 0.3 is 0 Å². The summed E-state index contributed by atoms with van der Waals surface area (Å²) in [4.78, 5) is 26.5. The molecule has 0 bridgehead atoms. The average Bonchev–Trinajstić information content (AvgIpc) is 2.59. The first kappa shape index (κ1) is 18.4. The third-order valence-corrected chi connectivity index (χ3v) is 3.60. The topological polar surface area (TPSA) is 61.4 Å². The molecule has 0 unspecified atom stereocenters. The van der Waals surface area contributed by atoms with E-state index in [1.54, 1.807) is 18.2 Å². The Morgan fingerprint density at radius 3 is 2.48 bits per heavy atom. The average molecular weight is 343 g/mol. The molecular weight excluding hydrogens is 321 g/mol. The second kappa shape index (κ2) is 8.28. The van der Waals surface area contributed by atoms with Crippen molar-refractivity contribution in [2.24, 2.45) is 0 Å². The highest BCUT2D eigenvalue weighted by Crippen LogP contribution is 2.23. The van der Waals surface area contributed by atoms with Crippen molar-refractivity contribution in [3.63, 3.8) is 0 Å². The Bertz CT molecular complexity index is 775. The number of nitrogens with one attached hydrogen (secondary N) is 2. The molecule has 0 heterocycles. The third kappa shape index (κ3) is 4.79. The Morgan fingerprint density at radius 1 is 1.08 bits per heavy atom. The molecule has 0 saturated carbocycles. The molecule has 2 N–H and O–H groups in total. The molecule has 0 aliphatic carbocycles. The van der Waals surface area contributed by atoms with Gasteiger partial charge < -0.3 is 15.5 Å². The van der Waals surface area contributed by atoms with Gasteiger partial charge in [0.25, 0.3) is 11.8 Å². The van der Waals surface area contributed by atoms with Crippen LogP contribution in [0.25, 0.3) is 0 Å². The molecule has 0 aliphatic rings. The molecule has 0 saturated heterocycles. The minimum atomic E-state index is -0.477. The number of hydrogen-bond acceptors (Lipinski definition) is 3. The van der Waals surface area contributed by atoms with E-state index in [4.69, 9.17) is 0 Å². The lowest BCUT2D eigenvalue weighted by atomic mass is 10.1. The molecule has 0 aliphatic heterocycles. The standard InChI is InChI=1S/C19H22FN3O2/c1-4-10-21-19(25)16-12-15(8-9-17(16)23(2)3)22-18(24)13-6-5-7-14(20)11-13/h5-9,11-12H,4,10H2,1-3H3,(H,21,25)(H,22,24). The summed E-state index contributed by atoms with van der Waals surface area (Å²) in [5, 5.41) is 5.53. The first-order chi connectivity index (χ1) is 11.9. The van der Waals surface area contributed by atoms with Gasteiger partial charge in [0.1, 0.15) is 5.82 Å². The van der Waals surface area contributed by atoms with Crippen molar-refractivity contribution in [3.8, 4) is 0 Å². The number of anilines is 2. The molecule has 2 aromatic rings. The van der Waals surface area contributed by atoms with Crippen molar-refractivity contribution >= 4 is 23.2 Å². The Hall–Kier alpha value is -2.89. The predicted octanol–water partition coefficient (Wildman–Crippen LogP) is 3.28. The van der Waals surface area contributed by atoms with Crippen molar-refractivity contribution in [1.82, 2.24) is 5.32 Å². The Morgan fingerprint density at radius 2 is 1.84 bits per heavy atom. The van der Waals surface area contributed by atoms with Crippen molar-refractivity contribution in [3.05, 3.63) is 59.4 Å². The molecule has 0 radical (unpaired) electrons. The fourth-order valence-electron chi connectivity index (χ4n) is 2.35. The second-order valence-electron chi connectivity index (χ2n) is 5.85. The van der Waals surface area contributed by atoms with Gasteiger partial charge in [-0.05, 0) is 42.8 Å². The maximum atomic E-state index is 13.3. The first-order valence-electron chi connectivity index (χ1n) is 8.09. The molecule has 2 aromatic carbocycles. The van der Waals surface area contributed by atoms with Crippen LogP contribution in [-0.4, -0.2) is 32.5 Å². The normalized spacial score (nSPS) is 10.2. The minimum absolute atomic E-state index is 0.201. The number of carbonyl (C=O) groups is 2. The summed E-state index contributed by atoms with van der Waals surface area (Å²) in [7, 11) is 3.69. The molecule has 2 amide bonds. The number of nitrogens with zero attached hydrogens (tertiary/aromatic N) is 1. The van der Waals surface area contributed by atoms with Gasteiger partial charge in [0.05, 0.1) is 5.56 Å². The Balaban J connectivity index is 2.26. The Kier molecular flexibility index (Phi) is 6.11. The highest BCUT2D eigenvalue weighted by molar-refractivity contribution is 6.06. The zero-order valence-corrected chi connectivity index (χ0v) is 14.6. The molecular formula is C19H22FN3O2. The van der Waals surface area contributed by atoms with Gasteiger partial charge in [-0.3, -0.25) is 9.59 Å². The van der Waals surface area contributed by atoms with E-state index in [9.17, 15) is 14.0 Å². The SMILES string of the molecule is CCCNC(=O)c1cc(NC(=O)c2cccc(F)c2)ccc1N(C)C. The number of hydrogen-bond donors (Lipinski definition) is 2. The van der Waals surface area contributed by atoms with Crippen molar-refractivity contribution < 1.29 is 14.0 Å². The number of benzene rings is 2. The Labute approximate surface area is 146 Å². The van der Waals surface area contributed by atoms with Gasteiger partial charge in [0.2, 0.25) is 0 Å². The summed E-state index contributed by atoms with van der Waals surface area (Å²) < 4.78 is 13.3. The minimum Gasteiger partial charge on any atom is -0.377 e. The summed E-state index contributed by atoms with van der Waals surface area (Å²) in [5.74, 6) is -1.11. The molecule has 25 heavy (non-hydrogen) atoms. The summed E-state index contributed by atoms with van der Waals surface area (Å²) >= 11 is 0. The van der Waals surface area contributed by atoms with E-state index in [0.717, 1.165) is 12.1 Å². The van der Waals surface area contributed by atoms with Gasteiger partial charge in [-0.1, -0.05) is 13.0 Å². The highest BCUT2D eigenvalue weighted by Gasteiger charge is 2.15. The van der Waals surface area contributed by atoms with E-state index >= 15 is 0 Å². The molecule has 0 spiro atoms. The van der Waals surface area contributed by atoms with Crippen LogP contribution >= 0.6 is 0 Å². The van der Waals surface area contributed by atoms with Crippen molar-refractivity contribution in [1.29, 1.82) is 0 Å². The van der Waals surface area contributed by atoms with Crippen molar-refractivity contribution in [2.45, 2.75) is 13.3 Å². The third-order valence-electron chi connectivity index (χ3n) is 3.60. The summed E-state index contributed by atoms with van der Waals surface area (Å²) in [6.45, 7) is 2.55. The van der Waals surface area contributed by atoms with Gasteiger partial charge in [-0.25, -0.2) is 4.39 Å². The smallest absolute Gasteiger partial charge is 0.255 e. The van der Waals surface area contributed by atoms with E-state index in [2.05, 4.69) is 10.6 Å². The van der Waals surface area contributed by atoms with Crippen LogP contribution < -0.4 is 15.5 Å². The number of rotatable bonds is 6. The lowest BCUT2D eigenvalue weighted by molar-refractivity contribution is 0.0952. The molecule has 6 heteroatoms.